The molecule has 0 radical (unpaired) electrons. The van der Waals surface area contributed by atoms with Crippen molar-refractivity contribution in [3.05, 3.63) is 35.4 Å². The Morgan fingerprint density at radius 1 is 1.46 bits per heavy atom. The van der Waals surface area contributed by atoms with Crippen molar-refractivity contribution in [3.63, 3.8) is 0 Å². The lowest BCUT2D eigenvalue weighted by molar-refractivity contribution is 0.603. The minimum absolute atomic E-state index is 0.724. The Bertz CT molecular complexity index is 274. The van der Waals surface area contributed by atoms with Crippen molar-refractivity contribution in [2.75, 3.05) is 6.54 Å². The number of nitrogens with one attached hydrogen (secondary N) is 1. The predicted molar refractivity (Wildman–Crippen MR) is 55.9 cm³/mol. The standard InChI is InChI=1S/C12H17N/c1-10-4-2-5-11(8-10)9-12-6-3-7-13-12/h2,4-5,8,12-13H,3,6-7,9H2,1H3. The molecular weight excluding hydrogens is 158 g/mol. The average Bonchev–Trinajstić information content (AvgIpc) is 2.57. The molecule has 0 saturated carbocycles. The zero-order chi connectivity index (χ0) is 9.10. The third kappa shape index (κ3) is 2.31. The molecule has 1 fully saturated rings. The molecule has 0 spiro atoms. The topological polar surface area (TPSA) is 12.0 Å². The third-order valence-corrected chi connectivity index (χ3v) is 2.73. The molecular formula is C12H17N. The Kier molecular flexibility index (Phi) is 2.65. The van der Waals surface area contributed by atoms with Crippen LogP contribution in [-0.2, 0) is 6.42 Å². The second-order valence-corrected chi connectivity index (χ2v) is 3.99. The summed E-state index contributed by atoms with van der Waals surface area (Å²) in [6.07, 6.45) is 3.88. The summed E-state index contributed by atoms with van der Waals surface area (Å²) >= 11 is 0. The van der Waals surface area contributed by atoms with E-state index in [-0.39, 0.29) is 0 Å². The van der Waals surface area contributed by atoms with Crippen molar-refractivity contribution in [1.29, 1.82) is 0 Å². The van der Waals surface area contributed by atoms with Crippen molar-refractivity contribution >= 4 is 0 Å². The van der Waals surface area contributed by atoms with Crippen molar-refractivity contribution < 1.29 is 0 Å². The van der Waals surface area contributed by atoms with E-state index in [2.05, 4.69) is 36.5 Å². The minimum Gasteiger partial charge on any atom is -0.314 e. The van der Waals surface area contributed by atoms with E-state index in [4.69, 9.17) is 0 Å². The number of hydrogen-bond donors (Lipinski definition) is 1. The molecule has 1 N–H and O–H groups in total. The van der Waals surface area contributed by atoms with Gasteiger partial charge in [-0.15, -0.1) is 0 Å². The summed E-state index contributed by atoms with van der Waals surface area (Å²) in [5.74, 6) is 0. The van der Waals surface area contributed by atoms with Gasteiger partial charge in [-0.2, -0.15) is 0 Å². The predicted octanol–water partition coefficient (Wildman–Crippen LogP) is 2.29. The van der Waals surface area contributed by atoms with E-state index in [1.807, 2.05) is 0 Å². The van der Waals surface area contributed by atoms with Crippen LogP contribution in [0.3, 0.4) is 0 Å². The Morgan fingerprint density at radius 2 is 2.38 bits per heavy atom. The van der Waals surface area contributed by atoms with Crippen LogP contribution in [0.25, 0.3) is 0 Å². The van der Waals surface area contributed by atoms with E-state index in [1.165, 1.54) is 36.9 Å². The molecule has 1 aromatic rings. The number of aryl methyl sites for hydroxylation is 1. The number of rotatable bonds is 2. The summed E-state index contributed by atoms with van der Waals surface area (Å²) in [6, 6.07) is 9.56. The molecule has 1 saturated heterocycles. The van der Waals surface area contributed by atoms with Gasteiger partial charge in [-0.1, -0.05) is 29.8 Å². The monoisotopic (exact) mass is 175 g/mol. The van der Waals surface area contributed by atoms with Gasteiger partial charge in [-0.25, -0.2) is 0 Å². The molecule has 70 valence electrons. The number of benzene rings is 1. The summed E-state index contributed by atoms with van der Waals surface area (Å²) in [5, 5.41) is 3.52. The van der Waals surface area contributed by atoms with Crippen LogP contribution in [0.5, 0.6) is 0 Å². The maximum Gasteiger partial charge on any atom is 0.0108 e. The summed E-state index contributed by atoms with van der Waals surface area (Å²) in [5.41, 5.74) is 2.84. The minimum atomic E-state index is 0.724. The zero-order valence-corrected chi connectivity index (χ0v) is 8.22. The van der Waals surface area contributed by atoms with Gasteiger partial charge in [-0.3, -0.25) is 0 Å². The molecule has 0 bridgehead atoms. The first kappa shape index (κ1) is 8.76. The SMILES string of the molecule is Cc1cccc(CC2CCCN2)c1. The lowest BCUT2D eigenvalue weighted by Gasteiger charge is -2.09. The highest BCUT2D eigenvalue weighted by molar-refractivity contribution is 5.23. The molecule has 1 nitrogen and oxygen atoms in total. The zero-order valence-electron chi connectivity index (χ0n) is 8.22. The summed E-state index contributed by atoms with van der Waals surface area (Å²) in [4.78, 5) is 0. The first-order chi connectivity index (χ1) is 6.34. The largest absolute Gasteiger partial charge is 0.314 e. The lowest BCUT2D eigenvalue weighted by atomic mass is 10.0. The lowest BCUT2D eigenvalue weighted by Crippen LogP contribution is -2.23. The van der Waals surface area contributed by atoms with E-state index in [0.29, 0.717) is 0 Å². The average molecular weight is 175 g/mol. The van der Waals surface area contributed by atoms with Gasteiger partial charge in [0.05, 0.1) is 0 Å². The van der Waals surface area contributed by atoms with Crippen molar-refractivity contribution in [3.8, 4) is 0 Å². The fourth-order valence-electron chi connectivity index (χ4n) is 2.05. The van der Waals surface area contributed by atoms with Crippen LogP contribution < -0.4 is 5.32 Å². The summed E-state index contributed by atoms with van der Waals surface area (Å²) < 4.78 is 0. The number of hydrogen-bond acceptors (Lipinski definition) is 1. The van der Waals surface area contributed by atoms with Crippen LogP contribution in [0.1, 0.15) is 24.0 Å². The molecule has 1 atom stereocenters. The third-order valence-electron chi connectivity index (χ3n) is 2.73. The van der Waals surface area contributed by atoms with Gasteiger partial charge in [0.1, 0.15) is 0 Å². The van der Waals surface area contributed by atoms with E-state index in [9.17, 15) is 0 Å². The van der Waals surface area contributed by atoms with Crippen LogP contribution in [-0.4, -0.2) is 12.6 Å². The van der Waals surface area contributed by atoms with Gasteiger partial charge < -0.3 is 5.32 Å². The fourth-order valence-corrected chi connectivity index (χ4v) is 2.05. The van der Waals surface area contributed by atoms with Crippen LogP contribution >= 0.6 is 0 Å². The molecule has 0 aliphatic carbocycles. The highest BCUT2D eigenvalue weighted by atomic mass is 14.9. The second kappa shape index (κ2) is 3.93. The van der Waals surface area contributed by atoms with Crippen LogP contribution in [0.2, 0.25) is 0 Å². The molecule has 1 heteroatoms. The van der Waals surface area contributed by atoms with Gasteiger partial charge in [0, 0.05) is 6.04 Å². The maximum atomic E-state index is 3.52. The van der Waals surface area contributed by atoms with Crippen LogP contribution in [0.15, 0.2) is 24.3 Å². The molecule has 1 aromatic carbocycles. The molecule has 0 aromatic heterocycles. The van der Waals surface area contributed by atoms with E-state index in [0.717, 1.165) is 6.04 Å². The van der Waals surface area contributed by atoms with E-state index < -0.39 is 0 Å². The van der Waals surface area contributed by atoms with E-state index >= 15 is 0 Å². The Hall–Kier alpha value is -0.820. The van der Waals surface area contributed by atoms with Gasteiger partial charge in [0.15, 0.2) is 0 Å². The van der Waals surface area contributed by atoms with Crippen LogP contribution in [0, 0.1) is 6.92 Å². The van der Waals surface area contributed by atoms with Crippen LogP contribution in [0.4, 0.5) is 0 Å². The van der Waals surface area contributed by atoms with Gasteiger partial charge in [0.25, 0.3) is 0 Å². The van der Waals surface area contributed by atoms with Crippen molar-refractivity contribution in [2.45, 2.75) is 32.2 Å². The Labute approximate surface area is 80.2 Å². The molecule has 1 aliphatic rings. The maximum absolute atomic E-state index is 3.52. The molecule has 1 aliphatic heterocycles. The quantitative estimate of drug-likeness (QED) is 0.727. The second-order valence-electron chi connectivity index (χ2n) is 3.99. The Balaban J connectivity index is 2.00. The first-order valence-electron chi connectivity index (χ1n) is 5.13. The van der Waals surface area contributed by atoms with Gasteiger partial charge >= 0.3 is 0 Å². The molecule has 0 amide bonds. The highest BCUT2D eigenvalue weighted by Gasteiger charge is 2.13. The fraction of sp³-hybridized carbons (Fsp3) is 0.500. The van der Waals surface area contributed by atoms with Gasteiger partial charge in [0.2, 0.25) is 0 Å². The van der Waals surface area contributed by atoms with E-state index in [1.54, 1.807) is 0 Å². The summed E-state index contributed by atoms with van der Waals surface area (Å²) in [6.45, 7) is 3.36. The van der Waals surface area contributed by atoms with Crippen molar-refractivity contribution in [2.24, 2.45) is 0 Å². The first-order valence-corrected chi connectivity index (χ1v) is 5.13. The normalized spacial score (nSPS) is 22.1. The summed E-state index contributed by atoms with van der Waals surface area (Å²) in [7, 11) is 0. The molecule has 1 unspecified atom stereocenters. The van der Waals surface area contributed by atoms with Crippen molar-refractivity contribution in [1.82, 2.24) is 5.32 Å². The molecule has 13 heavy (non-hydrogen) atoms. The van der Waals surface area contributed by atoms with Gasteiger partial charge in [-0.05, 0) is 38.3 Å². The molecule has 1 heterocycles. The smallest absolute Gasteiger partial charge is 0.0108 e. The Morgan fingerprint density at radius 3 is 3.08 bits per heavy atom. The molecule has 2 rings (SSSR count). The highest BCUT2D eigenvalue weighted by Crippen LogP contribution is 2.12.